The molecular weight excluding hydrogens is 522 g/mol. The second-order valence-corrected chi connectivity index (χ2v) is 18.5. The first-order valence-corrected chi connectivity index (χ1v) is 19.4. The molecule has 0 bridgehead atoms. The summed E-state index contributed by atoms with van der Waals surface area (Å²) >= 11 is -2.66. The van der Waals surface area contributed by atoms with E-state index in [1.54, 1.807) is 0 Å². The summed E-state index contributed by atoms with van der Waals surface area (Å²) in [6.45, 7) is 4.49. The van der Waals surface area contributed by atoms with E-state index in [0.717, 1.165) is 19.3 Å². The van der Waals surface area contributed by atoms with Gasteiger partial charge in [0.1, 0.15) is 0 Å². The van der Waals surface area contributed by atoms with E-state index in [0.29, 0.717) is 0 Å². The summed E-state index contributed by atoms with van der Waals surface area (Å²) in [7, 11) is 13.9. The van der Waals surface area contributed by atoms with E-state index in [9.17, 15) is 0 Å². The van der Waals surface area contributed by atoms with Gasteiger partial charge >= 0.3 is 213 Å². The summed E-state index contributed by atoms with van der Waals surface area (Å²) in [5.74, 6) is 0. The Labute approximate surface area is 211 Å². The molecule has 0 nitrogen and oxygen atoms in total. The molecule has 0 spiro atoms. The Morgan fingerprint density at radius 3 is 1.85 bits per heavy atom. The maximum absolute atomic E-state index is 6.97. The molecular formula is C30H25Cl2Zr. The zero-order valence-corrected chi connectivity index (χ0v) is 22.9. The average Bonchev–Trinajstić information content (AvgIpc) is 3.37. The fraction of sp³-hybridized carbons (Fsp3) is 0.200. The number of aryl methyl sites for hydroxylation is 2. The van der Waals surface area contributed by atoms with Crippen molar-refractivity contribution in [1.82, 2.24) is 0 Å². The van der Waals surface area contributed by atoms with Gasteiger partial charge in [0.15, 0.2) is 0 Å². The van der Waals surface area contributed by atoms with Gasteiger partial charge < -0.3 is 0 Å². The minimum absolute atomic E-state index is 0.244. The zero-order valence-electron chi connectivity index (χ0n) is 18.9. The van der Waals surface area contributed by atoms with E-state index in [1.165, 1.54) is 66.8 Å². The molecule has 4 aromatic carbocycles. The molecule has 0 fully saturated rings. The van der Waals surface area contributed by atoms with Gasteiger partial charge in [-0.05, 0) is 0 Å². The summed E-state index contributed by atoms with van der Waals surface area (Å²) in [6.07, 6.45) is 2.94. The van der Waals surface area contributed by atoms with Crippen LogP contribution in [0.3, 0.4) is 0 Å². The van der Waals surface area contributed by atoms with Crippen molar-refractivity contribution in [2.45, 2.75) is 36.7 Å². The number of rotatable bonds is 4. The van der Waals surface area contributed by atoms with Gasteiger partial charge in [-0.15, -0.1) is 0 Å². The molecule has 0 heterocycles. The van der Waals surface area contributed by atoms with Crippen LogP contribution in [0, 0.1) is 13.8 Å². The van der Waals surface area contributed by atoms with E-state index in [2.05, 4.69) is 86.6 Å². The van der Waals surface area contributed by atoms with Crippen LogP contribution in [-0.4, -0.2) is 0 Å². The van der Waals surface area contributed by atoms with Gasteiger partial charge in [0.2, 0.25) is 0 Å². The summed E-state index contributed by atoms with van der Waals surface area (Å²) < 4.78 is 0.244. The first-order valence-electron chi connectivity index (χ1n) is 11.6. The third kappa shape index (κ3) is 3.60. The molecule has 163 valence electrons. The minimum atomic E-state index is -2.66. The van der Waals surface area contributed by atoms with E-state index in [1.807, 2.05) is 0 Å². The fourth-order valence-electron chi connectivity index (χ4n) is 6.01. The Morgan fingerprint density at radius 1 is 0.667 bits per heavy atom. The summed E-state index contributed by atoms with van der Waals surface area (Å²) in [4.78, 5) is 0. The Bertz CT molecular complexity index is 1400. The van der Waals surface area contributed by atoms with Crippen LogP contribution in [0.15, 0.2) is 72.8 Å². The van der Waals surface area contributed by atoms with Crippen molar-refractivity contribution in [2.75, 3.05) is 0 Å². The Balaban J connectivity index is 1.47. The van der Waals surface area contributed by atoms with Crippen molar-refractivity contribution in [1.29, 1.82) is 0 Å². The van der Waals surface area contributed by atoms with Crippen molar-refractivity contribution in [3.05, 3.63) is 117 Å². The summed E-state index contributed by atoms with van der Waals surface area (Å²) in [5, 5.41) is 0. The molecule has 0 radical (unpaired) electrons. The predicted octanol–water partition coefficient (Wildman–Crippen LogP) is 8.66. The molecule has 1 unspecified atom stereocenters. The normalized spacial score (nSPS) is 13.8. The zero-order chi connectivity index (χ0) is 22.7. The average molecular weight is 548 g/mol. The topological polar surface area (TPSA) is 0 Å². The van der Waals surface area contributed by atoms with Gasteiger partial charge in [0.25, 0.3) is 0 Å². The number of hydrogen-bond donors (Lipinski definition) is 0. The van der Waals surface area contributed by atoms with Crippen LogP contribution >= 0.6 is 17.0 Å². The van der Waals surface area contributed by atoms with E-state index < -0.39 is 19.4 Å². The van der Waals surface area contributed by atoms with Crippen molar-refractivity contribution in [3.8, 4) is 22.3 Å². The number of fused-ring (bicyclic) bond motifs is 6. The number of benzene rings is 4. The van der Waals surface area contributed by atoms with E-state index in [-0.39, 0.29) is 3.63 Å². The van der Waals surface area contributed by atoms with E-state index >= 15 is 0 Å². The molecule has 0 aliphatic heterocycles. The van der Waals surface area contributed by atoms with Crippen LogP contribution in [0.1, 0.15) is 48.1 Å². The second-order valence-electron chi connectivity index (χ2n) is 9.42. The molecule has 4 aromatic rings. The van der Waals surface area contributed by atoms with Crippen LogP contribution in [-0.2, 0) is 38.6 Å². The van der Waals surface area contributed by atoms with Gasteiger partial charge in [-0.2, -0.15) is 0 Å². The fourth-order valence-corrected chi connectivity index (χ4v) is 10.6. The van der Waals surface area contributed by atoms with Crippen molar-refractivity contribution < 1.29 is 19.4 Å². The van der Waals surface area contributed by atoms with Gasteiger partial charge in [0, 0.05) is 0 Å². The molecule has 0 N–H and O–H groups in total. The quantitative estimate of drug-likeness (QED) is 0.207. The maximum atomic E-state index is 6.97. The Kier molecular flexibility index (Phi) is 5.65. The van der Waals surface area contributed by atoms with Gasteiger partial charge in [0.05, 0.1) is 0 Å². The first-order chi connectivity index (χ1) is 16.0. The van der Waals surface area contributed by atoms with Crippen LogP contribution in [0.25, 0.3) is 22.3 Å². The van der Waals surface area contributed by atoms with Gasteiger partial charge in [-0.3, -0.25) is 0 Å². The molecule has 2 aliphatic carbocycles. The molecule has 0 aromatic heterocycles. The third-order valence-corrected chi connectivity index (χ3v) is 13.2. The van der Waals surface area contributed by atoms with E-state index in [4.69, 9.17) is 17.0 Å². The Hall–Kier alpha value is -1.66. The van der Waals surface area contributed by atoms with Crippen LogP contribution < -0.4 is 0 Å². The molecule has 6 rings (SSSR count). The number of hydrogen-bond acceptors (Lipinski definition) is 0. The van der Waals surface area contributed by atoms with Crippen LogP contribution in [0.5, 0.6) is 0 Å². The molecule has 0 saturated carbocycles. The Morgan fingerprint density at radius 2 is 1.21 bits per heavy atom. The van der Waals surface area contributed by atoms with Crippen LogP contribution in [0.4, 0.5) is 0 Å². The standard InChI is InChI=1S/C30H25.2ClH.Zr/c1-19-11-13-27-25-9-5-3-7-21(25)17-29(27)23(19)15-16-24-20(2)12-14-28-26-10-6-4-8-22(26)18-30(24)28;;;/h3-15H,16-18H2,1-2H3;2*1H;/q;;;+2/p-2. The summed E-state index contributed by atoms with van der Waals surface area (Å²) in [6, 6.07) is 26.8. The molecule has 0 saturated heterocycles. The molecule has 2 aliphatic rings. The summed E-state index contributed by atoms with van der Waals surface area (Å²) in [5.41, 5.74) is 16.9. The van der Waals surface area contributed by atoms with Crippen molar-refractivity contribution in [3.63, 3.8) is 0 Å². The third-order valence-electron chi connectivity index (χ3n) is 7.61. The first kappa shape index (κ1) is 21.8. The van der Waals surface area contributed by atoms with Crippen molar-refractivity contribution in [2.24, 2.45) is 0 Å². The molecule has 33 heavy (non-hydrogen) atoms. The van der Waals surface area contributed by atoms with Gasteiger partial charge in [-0.25, -0.2) is 0 Å². The number of halogens is 2. The molecule has 0 amide bonds. The molecule has 1 atom stereocenters. The van der Waals surface area contributed by atoms with Crippen molar-refractivity contribution >= 4 is 17.0 Å². The second kappa shape index (κ2) is 8.53. The predicted molar refractivity (Wildman–Crippen MR) is 137 cm³/mol. The monoisotopic (exact) mass is 545 g/mol. The van der Waals surface area contributed by atoms with Gasteiger partial charge in [-0.1, -0.05) is 0 Å². The SMILES string of the molecule is Cc1ccc2c(c1C[CH](c1c(C)ccc3c1Cc1ccccc1-3)[Zr]([Cl])[Cl])Cc1ccccc1-2. The molecule has 3 heteroatoms. The van der Waals surface area contributed by atoms with Crippen LogP contribution in [0.2, 0.25) is 0 Å².